The minimum atomic E-state index is -1.35. The van der Waals surface area contributed by atoms with Gasteiger partial charge in [0.1, 0.15) is 0 Å². The highest BCUT2D eigenvalue weighted by Gasteiger charge is 2.20. The molecule has 0 aromatic carbocycles. The van der Waals surface area contributed by atoms with Crippen LogP contribution in [-0.2, 0) is 19.1 Å². The van der Waals surface area contributed by atoms with E-state index in [9.17, 15) is 19.5 Å². The van der Waals surface area contributed by atoms with E-state index in [1.165, 1.54) is 20.8 Å². The van der Waals surface area contributed by atoms with Crippen molar-refractivity contribution in [3.63, 3.8) is 0 Å². The van der Waals surface area contributed by atoms with Crippen LogP contribution in [0.4, 0.5) is 0 Å². The largest absolute Gasteiger partial charge is 0.664 e. The zero-order valence-electron chi connectivity index (χ0n) is 13.4. The van der Waals surface area contributed by atoms with Gasteiger partial charge in [-0.25, -0.2) is 4.79 Å². The van der Waals surface area contributed by atoms with Crippen LogP contribution in [0, 0.1) is 5.92 Å². The van der Waals surface area contributed by atoms with Gasteiger partial charge in [0.2, 0.25) is 5.91 Å². The molecule has 0 fully saturated rings. The molecule has 1 atom stereocenters. The molecule has 0 aromatic rings. The molecule has 122 valence electrons. The van der Waals surface area contributed by atoms with Gasteiger partial charge in [0.15, 0.2) is 0 Å². The summed E-state index contributed by atoms with van der Waals surface area (Å²) >= 11 is 0. The van der Waals surface area contributed by atoms with Crippen LogP contribution < -0.4 is 10.8 Å². The van der Waals surface area contributed by atoms with Gasteiger partial charge in [-0.15, -0.1) is 0 Å². The second-order valence-corrected chi connectivity index (χ2v) is 4.98. The number of ether oxygens (including phenoxy) is 1. The summed E-state index contributed by atoms with van der Waals surface area (Å²) in [5.41, 5.74) is 11.2. The Labute approximate surface area is 125 Å². The van der Waals surface area contributed by atoms with Crippen molar-refractivity contribution >= 4 is 17.8 Å². The maximum Gasteiger partial charge on any atom is 0.334 e. The standard InChI is InChI=1S/C8H12O4.C6H13N2O/c1-4-12-8(11)6(3)5(2)7(9)10;1-4(2)6(3,8)5(7)9/h4H2,1-3H3,(H,9,10);4,8H,1-3H3,(H2,7,9)/q;-1/p-1/b6-5+;. The van der Waals surface area contributed by atoms with E-state index in [1.54, 1.807) is 20.8 Å². The monoisotopic (exact) mass is 300 g/mol. The quantitative estimate of drug-likeness (QED) is 0.585. The summed E-state index contributed by atoms with van der Waals surface area (Å²) in [5.74, 6) is -2.53. The number of primary amides is 1. The Hall–Kier alpha value is -1.89. The number of rotatable bonds is 5. The predicted octanol–water partition coefficient (Wildman–Crippen LogP) is 0.574. The highest BCUT2D eigenvalue weighted by atomic mass is 16.5. The molecule has 1 unspecified atom stereocenters. The molecular weight excluding hydrogens is 276 g/mol. The van der Waals surface area contributed by atoms with E-state index < -0.39 is 23.4 Å². The Balaban J connectivity index is 0. The first-order valence-corrected chi connectivity index (χ1v) is 6.50. The summed E-state index contributed by atoms with van der Waals surface area (Å²) in [4.78, 5) is 31.7. The highest BCUT2D eigenvalue weighted by Crippen LogP contribution is 2.18. The first-order chi connectivity index (χ1) is 9.39. The van der Waals surface area contributed by atoms with Crippen LogP contribution >= 0.6 is 0 Å². The van der Waals surface area contributed by atoms with Gasteiger partial charge < -0.3 is 26.1 Å². The summed E-state index contributed by atoms with van der Waals surface area (Å²) in [5, 5.41) is 10.3. The number of carboxylic acid groups (broad SMARTS) is 1. The third kappa shape index (κ3) is 7.45. The fourth-order valence-corrected chi connectivity index (χ4v) is 0.830. The normalized spacial score (nSPS) is 14.3. The topological polar surface area (TPSA) is 133 Å². The molecule has 7 heteroatoms. The average Bonchev–Trinajstić information content (AvgIpc) is 2.37. The van der Waals surface area contributed by atoms with Crippen molar-refractivity contribution in [3.8, 4) is 0 Å². The molecule has 7 nitrogen and oxygen atoms in total. The van der Waals surface area contributed by atoms with Gasteiger partial charge in [-0.1, -0.05) is 26.7 Å². The molecule has 0 aliphatic heterocycles. The van der Waals surface area contributed by atoms with E-state index in [1.807, 2.05) is 0 Å². The van der Waals surface area contributed by atoms with Crippen molar-refractivity contribution in [2.45, 2.75) is 47.1 Å². The number of hydrogen-bond acceptors (Lipinski definition) is 5. The molecule has 0 aliphatic carbocycles. The number of amides is 1. The van der Waals surface area contributed by atoms with Crippen LogP contribution in [0.1, 0.15) is 41.5 Å². The molecule has 0 bridgehead atoms. The van der Waals surface area contributed by atoms with E-state index in [-0.39, 0.29) is 23.7 Å². The molecule has 0 saturated carbocycles. The first kappa shape index (κ1) is 21.4. The lowest BCUT2D eigenvalue weighted by atomic mass is 9.89. The first-order valence-electron chi connectivity index (χ1n) is 6.50. The van der Waals surface area contributed by atoms with E-state index in [0.29, 0.717) is 0 Å². The number of esters is 1. The summed E-state index contributed by atoms with van der Waals surface area (Å²) in [7, 11) is 0. The van der Waals surface area contributed by atoms with Crippen molar-refractivity contribution in [2.24, 2.45) is 11.7 Å². The molecule has 21 heavy (non-hydrogen) atoms. The summed E-state index contributed by atoms with van der Waals surface area (Å²) in [6.45, 7) is 9.72. The fraction of sp³-hybridized carbons (Fsp3) is 0.643. The maximum absolute atomic E-state index is 10.9. The second kappa shape index (κ2) is 9.12. The molecule has 0 aromatic heterocycles. The van der Waals surface area contributed by atoms with Crippen molar-refractivity contribution < 1.29 is 24.2 Å². The van der Waals surface area contributed by atoms with Crippen molar-refractivity contribution in [2.75, 3.05) is 6.61 Å². The van der Waals surface area contributed by atoms with Gasteiger partial charge >= 0.3 is 5.97 Å². The second-order valence-electron chi connectivity index (χ2n) is 4.98. The highest BCUT2D eigenvalue weighted by molar-refractivity contribution is 5.97. The van der Waals surface area contributed by atoms with Gasteiger partial charge in [-0.05, 0) is 31.9 Å². The average molecular weight is 300 g/mol. The van der Waals surface area contributed by atoms with E-state index >= 15 is 0 Å². The number of nitrogens with two attached hydrogens (primary N) is 1. The number of nitrogens with one attached hydrogen (secondary N) is 1. The molecule has 0 rings (SSSR count). The number of hydrogen-bond donors (Lipinski definition) is 1. The van der Waals surface area contributed by atoms with Gasteiger partial charge in [-0.2, -0.15) is 0 Å². The maximum atomic E-state index is 10.9. The van der Waals surface area contributed by atoms with Crippen molar-refractivity contribution in [1.82, 2.24) is 0 Å². The van der Waals surface area contributed by atoms with Crippen molar-refractivity contribution in [3.05, 3.63) is 16.9 Å². The van der Waals surface area contributed by atoms with Crippen LogP contribution in [0.25, 0.3) is 5.73 Å². The lowest BCUT2D eigenvalue weighted by Gasteiger charge is -2.34. The van der Waals surface area contributed by atoms with E-state index in [4.69, 9.17) is 11.5 Å². The van der Waals surface area contributed by atoms with E-state index in [2.05, 4.69) is 4.74 Å². The summed E-state index contributed by atoms with van der Waals surface area (Å²) < 4.78 is 4.59. The lowest BCUT2D eigenvalue weighted by Crippen LogP contribution is -2.41. The molecule has 0 spiro atoms. The van der Waals surface area contributed by atoms with Crippen LogP contribution in [0.2, 0.25) is 0 Å². The van der Waals surface area contributed by atoms with Gasteiger partial charge in [-0.3, -0.25) is 4.79 Å². The minimum Gasteiger partial charge on any atom is -0.664 e. The van der Waals surface area contributed by atoms with Crippen LogP contribution in [0.5, 0.6) is 0 Å². The third-order valence-electron chi connectivity index (χ3n) is 3.12. The molecule has 1 amide bonds. The van der Waals surface area contributed by atoms with Gasteiger partial charge in [0.25, 0.3) is 0 Å². The van der Waals surface area contributed by atoms with Crippen molar-refractivity contribution in [1.29, 1.82) is 0 Å². The Morgan fingerprint density at radius 1 is 1.24 bits per heavy atom. The lowest BCUT2D eigenvalue weighted by molar-refractivity contribution is -0.299. The number of carbonyl (C=O) groups excluding carboxylic acids is 3. The Morgan fingerprint density at radius 3 is 1.86 bits per heavy atom. The molecule has 0 aliphatic rings. The SMILES string of the molecule is CC(C)C(C)([NH-])C(N)=O.CCOC(=O)/C(C)=C(\C)C(=O)[O-]. The van der Waals surface area contributed by atoms with Gasteiger partial charge in [0.05, 0.1) is 12.6 Å². The predicted molar refractivity (Wildman–Crippen MR) is 76.8 cm³/mol. The zero-order chi connectivity index (χ0) is 17.4. The van der Waals surface area contributed by atoms with Crippen LogP contribution in [-0.4, -0.2) is 30.0 Å². The molecule has 0 radical (unpaired) electrons. The molecular formula is C14H24N2O5-2. The number of aliphatic carboxylic acids is 1. The smallest absolute Gasteiger partial charge is 0.334 e. The summed E-state index contributed by atoms with van der Waals surface area (Å²) in [6, 6.07) is 0. The Bertz CT molecular complexity index is 425. The zero-order valence-corrected chi connectivity index (χ0v) is 13.4. The number of carbonyl (C=O) groups is 3. The van der Waals surface area contributed by atoms with Crippen LogP contribution in [0.15, 0.2) is 11.1 Å². The van der Waals surface area contributed by atoms with Gasteiger partial charge in [0, 0.05) is 5.57 Å². The minimum absolute atomic E-state index is 0.0185. The molecule has 3 N–H and O–H groups in total. The fourth-order valence-electron chi connectivity index (χ4n) is 0.830. The molecule has 0 heterocycles. The Morgan fingerprint density at radius 2 is 1.67 bits per heavy atom. The van der Waals surface area contributed by atoms with E-state index in [0.717, 1.165) is 0 Å². The Kier molecular flexibility index (Phi) is 9.30. The summed E-state index contributed by atoms with van der Waals surface area (Å²) in [6.07, 6.45) is 0. The number of carboxylic acids is 1. The van der Waals surface area contributed by atoms with Crippen LogP contribution in [0.3, 0.4) is 0 Å². The third-order valence-corrected chi connectivity index (χ3v) is 3.12. The molecule has 0 saturated heterocycles.